The first kappa shape index (κ1) is 14.2. The highest BCUT2D eigenvalue weighted by molar-refractivity contribution is 5.98. The van der Waals surface area contributed by atoms with E-state index in [1.165, 1.54) is 36.8 Å². The van der Waals surface area contributed by atoms with E-state index < -0.39 is 0 Å². The molecule has 0 aliphatic carbocycles. The zero-order valence-electron chi connectivity index (χ0n) is 13.1. The highest BCUT2D eigenvalue weighted by Gasteiger charge is 2.31. The van der Waals surface area contributed by atoms with E-state index in [9.17, 15) is 0 Å². The van der Waals surface area contributed by atoms with Gasteiger partial charge in [0.1, 0.15) is 0 Å². The number of anilines is 2. The second-order valence-electron chi connectivity index (χ2n) is 6.27. The van der Waals surface area contributed by atoms with Gasteiger partial charge in [0, 0.05) is 30.4 Å². The molecule has 0 saturated carbocycles. The van der Waals surface area contributed by atoms with Gasteiger partial charge in [-0.1, -0.05) is 26.7 Å². The van der Waals surface area contributed by atoms with Crippen molar-refractivity contribution in [2.45, 2.75) is 39.5 Å². The van der Waals surface area contributed by atoms with E-state index in [-0.39, 0.29) is 0 Å². The topological polar surface area (TPSA) is 42.1 Å². The van der Waals surface area contributed by atoms with Crippen molar-refractivity contribution in [2.24, 2.45) is 5.41 Å². The molecule has 1 fully saturated rings. The highest BCUT2D eigenvalue weighted by atomic mass is 15.1. The molecule has 2 N–H and O–H groups in total. The van der Waals surface area contributed by atoms with Crippen molar-refractivity contribution >= 4 is 22.3 Å². The van der Waals surface area contributed by atoms with Gasteiger partial charge in [-0.2, -0.15) is 0 Å². The number of nitrogens with two attached hydrogens (primary N) is 1. The number of fused-ring (bicyclic) bond motifs is 1. The highest BCUT2D eigenvalue weighted by Crippen LogP contribution is 2.40. The minimum absolute atomic E-state index is 0.554. The number of rotatable bonds is 3. The van der Waals surface area contributed by atoms with Gasteiger partial charge in [0.2, 0.25) is 0 Å². The molecule has 0 atom stereocenters. The SMILES string of the molecule is CCC1(CC)CCN(c2ccc(N)c3ncccc23)CC1. The molecular weight excluding hydrogens is 258 g/mol. The summed E-state index contributed by atoms with van der Waals surface area (Å²) in [6, 6.07) is 8.28. The van der Waals surface area contributed by atoms with Gasteiger partial charge in [-0.15, -0.1) is 0 Å². The smallest absolute Gasteiger partial charge is 0.0951 e. The molecule has 3 nitrogen and oxygen atoms in total. The summed E-state index contributed by atoms with van der Waals surface area (Å²) >= 11 is 0. The third-order valence-electron chi connectivity index (χ3n) is 5.44. The van der Waals surface area contributed by atoms with Crippen LogP contribution in [0.1, 0.15) is 39.5 Å². The van der Waals surface area contributed by atoms with E-state index in [0.717, 1.165) is 24.3 Å². The first-order valence-electron chi connectivity index (χ1n) is 8.07. The van der Waals surface area contributed by atoms with E-state index in [1.54, 1.807) is 0 Å². The predicted octanol–water partition coefficient (Wildman–Crippen LogP) is 4.22. The van der Waals surface area contributed by atoms with Crippen LogP contribution >= 0.6 is 0 Å². The number of benzene rings is 1. The molecule has 1 aliphatic heterocycles. The average Bonchev–Trinajstić information content (AvgIpc) is 2.56. The standard InChI is InChI=1S/C18H25N3/c1-3-18(4-2)9-12-21(13-10-18)16-8-7-15(19)17-14(16)6-5-11-20-17/h5-8,11H,3-4,9-10,12-13,19H2,1-2H3. The van der Waals surface area contributed by atoms with Gasteiger partial charge in [-0.05, 0) is 42.5 Å². The van der Waals surface area contributed by atoms with Crippen molar-refractivity contribution in [3.05, 3.63) is 30.5 Å². The number of nitrogens with zero attached hydrogens (tertiary/aromatic N) is 2. The van der Waals surface area contributed by atoms with Gasteiger partial charge in [-0.25, -0.2) is 0 Å². The molecule has 2 aromatic rings. The fourth-order valence-corrected chi connectivity index (χ4v) is 3.63. The van der Waals surface area contributed by atoms with Gasteiger partial charge in [-0.3, -0.25) is 4.98 Å². The van der Waals surface area contributed by atoms with Crippen molar-refractivity contribution < 1.29 is 0 Å². The molecule has 3 rings (SSSR count). The Kier molecular flexibility index (Phi) is 3.75. The normalized spacial score (nSPS) is 18.1. The number of nitrogen functional groups attached to an aromatic ring is 1. The Balaban J connectivity index is 1.91. The van der Waals surface area contributed by atoms with Crippen molar-refractivity contribution in [2.75, 3.05) is 23.7 Å². The Hall–Kier alpha value is -1.77. The van der Waals surface area contributed by atoms with Crippen LogP contribution in [0.15, 0.2) is 30.5 Å². The molecule has 0 spiro atoms. The van der Waals surface area contributed by atoms with Crippen LogP contribution in [0.5, 0.6) is 0 Å². The quantitative estimate of drug-likeness (QED) is 0.857. The number of hydrogen-bond acceptors (Lipinski definition) is 3. The first-order chi connectivity index (χ1) is 10.2. The van der Waals surface area contributed by atoms with Crippen LogP contribution < -0.4 is 10.6 Å². The molecule has 3 heteroatoms. The van der Waals surface area contributed by atoms with Crippen molar-refractivity contribution in [3.63, 3.8) is 0 Å². The van der Waals surface area contributed by atoms with Crippen molar-refractivity contribution in [1.29, 1.82) is 0 Å². The number of hydrogen-bond donors (Lipinski definition) is 1. The minimum Gasteiger partial charge on any atom is -0.397 e. The van der Waals surface area contributed by atoms with E-state index in [4.69, 9.17) is 5.73 Å². The Bertz CT molecular complexity index is 621. The van der Waals surface area contributed by atoms with Gasteiger partial charge in [0.05, 0.1) is 11.2 Å². The van der Waals surface area contributed by atoms with Gasteiger partial charge >= 0.3 is 0 Å². The molecule has 1 aliphatic rings. The van der Waals surface area contributed by atoms with Gasteiger partial charge < -0.3 is 10.6 Å². The molecule has 0 unspecified atom stereocenters. The molecule has 0 bridgehead atoms. The molecule has 0 amide bonds. The lowest BCUT2D eigenvalue weighted by molar-refractivity contribution is 0.200. The van der Waals surface area contributed by atoms with E-state index in [2.05, 4.69) is 35.9 Å². The number of pyridine rings is 1. The van der Waals surface area contributed by atoms with Gasteiger partial charge in [0.25, 0.3) is 0 Å². The molecule has 1 saturated heterocycles. The van der Waals surface area contributed by atoms with E-state index in [0.29, 0.717) is 5.41 Å². The summed E-state index contributed by atoms with van der Waals surface area (Å²) in [5, 5.41) is 1.18. The van der Waals surface area contributed by atoms with E-state index in [1.807, 2.05) is 18.3 Å². The lowest BCUT2D eigenvalue weighted by atomic mass is 9.74. The summed E-state index contributed by atoms with van der Waals surface area (Å²) in [5.74, 6) is 0. The summed E-state index contributed by atoms with van der Waals surface area (Å²) in [7, 11) is 0. The molecule has 1 aromatic carbocycles. The van der Waals surface area contributed by atoms with Crippen LogP contribution in [0, 0.1) is 5.41 Å². The molecule has 2 heterocycles. The second kappa shape index (κ2) is 5.55. The van der Waals surface area contributed by atoms with Crippen molar-refractivity contribution in [3.8, 4) is 0 Å². The molecular formula is C18H25N3. The van der Waals surface area contributed by atoms with E-state index >= 15 is 0 Å². The largest absolute Gasteiger partial charge is 0.397 e. The Labute approximate surface area is 127 Å². The lowest BCUT2D eigenvalue weighted by Gasteiger charge is -2.42. The monoisotopic (exact) mass is 283 g/mol. The van der Waals surface area contributed by atoms with Crippen LogP contribution in [0.2, 0.25) is 0 Å². The van der Waals surface area contributed by atoms with Crippen LogP contribution in [0.3, 0.4) is 0 Å². The van der Waals surface area contributed by atoms with Crippen LogP contribution in [-0.2, 0) is 0 Å². The maximum Gasteiger partial charge on any atom is 0.0951 e. The van der Waals surface area contributed by atoms with Crippen LogP contribution in [0.4, 0.5) is 11.4 Å². The number of piperidine rings is 1. The zero-order chi connectivity index (χ0) is 14.9. The van der Waals surface area contributed by atoms with Crippen molar-refractivity contribution in [1.82, 2.24) is 4.98 Å². The molecule has 21 heavy (non-hydrogen) atoms. The first-order valence-corrected chi connectivity index (χ1v) is 8.07. The molecule has 0 radical (unpaired) electrons. The lowest BCUT2D eigenvalue weighted by Crippen LogP contribution is -2.39. The zero-order valence-corrected chi connectivity index (χ0v) is 13.1. The summed E-state index contributed by atoms with van der Waals surface area (Å²) in [6.45, 7) is 6.94. The summed E-state index contributed by atoms with van der Waals surface area (Å²) in [5.41, 5.74) is 9.59. The fraction of sp³-hybridized carbons (Fsp3) is 0.500. The Morgan fingerprint density at radius 1 is 1.14 bits per heavy atom. The molecule has 112 valence electrons. The molecule has 1 aromatic heterocycles. The summed E-state index contributed by atoms with van der Waals surface area (Å²) < 4.78 is 0. The Morgan fingerprint density at radius 3 is 2.52 bits per heavy atom. The minimum atomic E-state index is 0.554. The second-order valence-corrected chi connectivity index (χ2v) is 6.27. The third kappa shape index (κ3) is 2.45. The fourth-order valence-electron chi connectivity index (χ4n) is 3.63. The summed E-state index contributed by atoms with van der Waals surface area (Å²) in [6.07, 6.45) is 6.97. The average molecular weight is 283 g/mol. The summed E-state index contributed by atoms with van der Waals surface area (Å²) in [4.78, 5) is 6.95. The van der Waals surface area contributed by atoms with Gasteiger partial charge in [0.15, 0.2) is 0 Å². The maximum absolute atomic E-state index is 6.06. The maximum atomic E-state index is 6.06. The van der Waals surface area contributed by atoms with Crippen LogP contribution in [-0.4, -0.2) is 18.1 Å². The Morgan fingerprint density at radius 2 is 1.86 bits per heavy atom. The predicted molar refractivity (Wildman–Crippen MR) is 90.6 cm³/mol. The number of aromatic nitrogens is 1. The third-order valence-corrected chi connectivity index (χ3v) is 5.44. The van der Waals surface area contributed by atoms with Crippen LogP contribution in [0.25, 0.3) is 10.9 Å².